The minimum absolute atomic E-state index is 0.0556. The third-order valence-corrected chi connectivity index (χ3v) is 5.93. The molecule has 0 saturated carbocycles. The Hall–Kier alpha value is -2.56. The first kappa shape index (κ1) is 19.2. The van der Waals surface area contributed by atoms with Crippen molar-refractivity contribution >= 4 is 37.9 Å². The smallest absolute Gasteiger partial charge is 0.322 e. The molecule has 10 heteroatoms. The topological polar surface area (TPSA) is 105 Å². The number of carbonyl (C=O) groups is 1. The molecular weight excluding hydrogens is 436 g/mol. The second-order valence-corrected chi connectivity index (χ2v) is 8.76. The molecule has 0 saturated heterocycles. The van der Waals surface area contributed by atoms with Gasteiger partial charge in [0.1, 0.15) is 0 Å². The van der Waals surface area contributed by atoms with Gasteiger partial charge in [0.25, 0.3) is 5.91 Å². The molecule has 1 N–H and O–H groups in total. The van der Waals surface area contributed by atoms with E-state index in [4.69, 9.17) is 4.42 Å². The van der Waals surface area contributed by atoms with E-state index in [0.29, 0.717) is 5.56 Å². The van der Waals surface area contributed by atoms with Crippen LogP contribution in [-0.4, -0.2) is 42.9 Å². The average Bonchev–Trinajstić information content (AvgIpc) is 3.10. The van der Waals surface area contributed by atoms with E-state index in [0.717, 1.165) is 8.78 Å². The summed E-state index contributed by atoms with van der Waals surface area (Å²) >= 11 is 3.36. The molecular formula is C17H15BrN4O4S. The summed E-state index contributed by atoms with van der Waals surface area (Å²) in [5, 5.41) is 10.2. The van der Waals surface area contributed by atoms with Gasteiger partial charge in [0.05, 0.1) is 4.90 Å². The quantitative estimate of drug-likeness (QED) is 0.640. The molecule has 0 atom stereocenters. The van der Waals surface area contributed by atoms with Crippen LogP contribution in [0.25, 0.3) is 11.5 Å². The summed E-state index contributed by atoms with van der Waals surface area (Å²) in [7, 11) is -0.674. The van der Waals surface area contributed by atoms with E-state index in [2.05, 4.69) is 31.4 Å². The molecule has 0 fully saturated rings. The lowest BCUT2D eigenvalue weighted by Crippen LogP contribution is -2.22. The molecule has 140 valence electrons. The lowest BCUT2D eigenvalue weighted by atomic mass is 10.2. The van der Waals surface area contributed by atoms with E-state index in [1.54, 1.807) is 6.07 Å². The third-order valence-electron chi connectivity index (χ3n) is 3.61. The minimum Gasteiger partial charge on any atom is -0.403 e. The lowest BCUT2D eigenvalue weighted by molar-refractivity contribution is 0.102. The maximum atomic E-state index is 12.3. The van der Waals surface area contributed by atoms with Crippen molar-refractivity contribution in [3.05, 3.63) is 58.6 Å². The Balaban J connectivity index is 1.75. The number of halogens is 1. The van der Waals surface area contributed by atoms with Crippen LogP contribution in [0.3, 0.4) is 0 Å². The molecule has 1 aromatic heterocycles. The number of aromatic nitrogens is 2. The number of amides is 1. The van der Waals surface area contributed by atoms with Gasteiger partial charge in [-0.1, -0.05) is 27.1 Å². The molecule has 1 amide bonds. The number of benzene rings is 2. The van der Waals surface area contributed by atoms with E-state index in [-0.39, 0.29) is 22.4 Å². The number of hydrogen-bond donors (Lipinski definition) is 1. The minimum atomic E-state index is -3.55. The summed E-state index contributed by atoms with van der Waals surface area (Å²) in [4.78, 5) is 12.4. The van der Waals surface area contributed by atoms with Crippen LogP contribution in [0.4, 0.5) is 6.01 Å². The van der Waals surface area contributed by atoms with Crippen molar-refractivity contribution in [2.45, 2.75) is 4.90 Å². The number of nitrogens with one attached hydrogen (secondary N) is 1. The number of sulfonamides is 1. The van der Waals surface area contributed by atoms with Gasteiger partial charge in [-0.2, -0.15) is 0 Å². The first-order valence-electron chi connectivity index (χ1n) is 7.71. The first-order chi connectivity index (χ1) is 12.8. The maximum absolute atomic E-state index is 12.3. The Morgan fingerprint density at radius 1 is 1.11 bits per heavy atom. The van der Waals surface area contributed by atoms with Gasteiger partial charge in [-0.25, -0.2) is 12.7 Å². The van der Waals surface area contributed by atoms with Gasteiger partial charge >= 0.3 is 6.01 Å². The van der Waals surface area contributed by atoms with Crippen LogP contribution in [0.5, 0.6) is 0 Å². The summed E-state index contributed by atoms with van der Waals surface area (Å²) in [5.74, 6) is -0.229. The van der Waals surface area contributed by atoms with Gasteiger partial charge in [-0.05, 0) is 42.5 Å². The van der Waals surface area contributed by atoms with Crippen molar-refractivity contribution in [2.75, 3.05) is 19.4 Å². The van der Waals surface area contributed by atoms with Gasteiger partial charge in [0, 0.05) is 29.7 Å². The predicted molar refractivity (Wildman–Crippen MR) is 103 cm³/mol. The monoisotopic (exact) mass is 450 g/mol. The normalized spacial score (nSPS) is 11.6. The Kier molecular flexibility index (Phi) is 5.40. The maximum Gasteiger partial charge on any atom is 0.322 e. The number of anilines is 1. The second-order valence-electron chi connectivity index (χ2n) is 5.69. The summed E-state index contributed by atoms with van der Waals surface area (Å²) < 4.78 is 31.5. The van der Waals surface area contributed by atoms with Crippen LogP contribution in [-0.2, 0) is 10.0 Å². The highest BCUT2D eigenvalue weighted by molar-refractivity contribution is 9.10. The number of nitrogens with zero attached hydrogens (tertiary/aromatic N) is 3. The molecule has 27 heavy (non-hydrogen) atoms. The van der Waals surface area contributed by atoms with Crippen LogP contribution in [0.2, 0.25) is 0 Å². The molecule has 3 aromatic rings. The Labute approximate surface area is 164 Å². The molecule has 1 heterocycles. The molecule has 0 aliphatic heterocycles. The second kappa shape index (κ2) is 7.59. The van der Waals surface area contributed by atoms with Crippen molar-refractivity contribution in [1.29, 1.82) is 0 Å². The number of carbonyl (C=O) groups excluding carboxylic acids is 1. The highest BCUT2D eigenvalue weighted by atomic mass is 79.9. The summed E-state index contributed by atoms with van der Waals surface area (Å²) in [6, 6.07) is 12.8. The zero-order chi connectivity index (χ0) is 19.6. The van der Waals surface area contributed by atoms with Crippen molar-refractivity contribution in [1.82, 2.24) is 14.5 Å². The Bertz CT molecular complexity index is 1080. The SMILES string of the molecule is CN(C)S(=O)(=O)c1ccc(C(=O)Nc2nnc(-c3cccc(Br)c3)o2)cc1. The molecule has 0 radical (unpaired) electrons. The van der Waals surface area contributed by atoms with Gasteiger partial charge in [-0.15, -0.1) is 5.10 Å². The van der Waals surface area contributed by atoms with Crippen LogP contribution in [0.15, 0.2) is 62.3 Å². The summed E-state index contributed by atoms with van der Waals surface area (Å²) in [6.07, 6.45) is 0. The predicted octanol–water partition coefficient (Wildman–Crippen LogP) is 3.00. The average molecular weight is 451 g/mol. The van der Waals surface area contributed by atoms with Gasteiger partial charge in [0.2, 0.25) is 15.9 Å². The van der Waals surface area contributed by atoms with Crippen molar-refractivity contribution in [3.63, 3.8) is 0 Å². The van der Waals surface area contributed by atoms with Crippen molar-refractivity contribution in [2.24, 2.45) is 0 Å². The van der Waals surface area contributed by atoms with Crippen LogP contribution in [0, 0.1) is 0 Å². The van der Waals surface area contributed by atoms with Crippen LogP contribution in [0.1, 0.15) is 10.4 Å². The fourth-order valence-electron chi connectivity index (χ4n) is 2.17. The number of hydrogen-bond acceptors (Lipinski definition) is 6. The largest absolute Gasteiger partial charge is 0.403 e. The Morgan fingerprint density at radius 2 is 1.81 bits per heavy atom. The molecule has 8 nitrogen and oxygen atoms in total. The number of rotatable bonds is 5. The molecule has 0 aliphatic carbocycles. The highest BCUT2D eigenvalue weighted by Crippen LogP contribution is 2.23. The van der Waals surface area contributed by atoms with Gasteiger partial charge < -0.3 is 4.42 Å². The van der Waals surface area contributed by atoms with E-state index in [9.17, 15) is 13.2 Å². The zero-order valence-corrected chi connectivity index (χ0v) is 16.8. The van der Waals surface area contributed by atoms with Crippen LogP contribution < -0.4 is 5.32 Å². The van der Waals surface area contributed by atoms with Crippen LogP contribution >= 0.6 is 15.9 Å². The molecule has 0 spiro atoms. The molecule has 3 rings (SSSR count). The van der Waals surface area contributed by atoms with Gasteiger partial charge in [0.15, 0.2) is 0 Å². The van der Waals surface area contributed by atoms with E-state index in [1.807, 2.05) is 18.2 Å². The standard InChI is InChI=1S/C17H15BrN4O4S/c1-22(2)27(24,25)14-8-6-11(7-9-14)15(23)19-17-21-20-16(26-17)12-4-3-5-13(18)10-12/h3-10H,1-2H3,(H,19,21,23). The van der Waals surface area contributed by atoms with Gasteiger partial charge in [-0.3, -0.25) is 10.1 Å². The molecule has 0 bridgehead atoms. The Morgan fingerprint density at radius 3 is 2.44 bits per heavy atom. The van der Waals surface area contributed by atoms with Crippen molar-refractivity contribution in [3.8, 4) is 11.5 Å². The summed E-state index contributed by atoms with van der Waals surface area (Å²) in [5.41, 5.74) is 0.963. The zero-order valence-electron chi connectivity index (χ0n) is 14.4. The fourth-order valence-corrected chi connectivity index (χ4v) is 3.47. The molecule has 2 aromatic carbocycles. The fraction of sp³-hybridized carbons (Fsp3) is 0.118. The van der Waals surface area contributed by atoms with E-state index >= 15 is 0 Å². The lowest BCUT2D eigenvalue weighted by Gasteiger charge is -2.11. The van der Waals surface area contributed by atoms with E-state index < -0.39 is 15.9 Å². The third kappa shape index (κ3) is 4.24. The molecule has 0 unspecified atom stereocenters. The highest BCUT2D eigenvalue weighted by Gasteiger charge is 2.18. The van der Waals surface area contributed by atoms with Crippen molar-refractivity contribution < 1.29 is 17.6 Å². The van der Waals surface area contributed by atoms with E-state index in [1.165, 1.54) is 38.4 Å². The molecule has 0 aliphatic rings. The summed E-state index contributed by atoms with van der Waals surface area (Å²) in [6.45, 7) is 0. The first-order valence-corrected chi connectivity index (χ1v) is 9.94.